The summed E-state index contributed by atoms with van der Waals surface area (Å²) in [4.78, 5) is 13.1. The minimum absolute atomic E-state index is 0. The Bertz CT molecular complexity index is 443. The third-order valence-electron chi connectivity index (χ3n) is 3.24. The molecule has 1 aliphatic rings. The molecule has 1 fully saturated rings. The van der Waals surface area contributed by atoms with Crippen LogP contribution in [-0.2, 0) is 4.79 Å². The van der Waals surface area contributed by atoms with Crippen LogP contribution < -0.4 is 10.1 Å². The first-order valence-electron chi connectivity index (χ1n) is 6.50. The third-order valence-corrected chi connectivity index (χ3v) is 3.24. The lowest BCUT2D eigenvalue weighted by molar-refractivity contribution is -0.131. The molecule has 1 aliphatic heterocycles. The topological polar surface area (TPSA) is 41.6 Å². The smallest absolute Gasteiger partial charge is 0.308 e. The predicted octanol–water partition coefficient (Wildman–Crippen LogP) is 2.37. The van der Waals surface area contributed by atoms with Crippen LogP contribution in [0, 0.1) is 0 Å². The van der Waals surface area contributed by atoms with Crippen molar-refractivity contribution >= 4 is 30.8 Å². The summed E-state index contributed by atoms with van der Waals surface area (Å²) in [6.45, 7) is 4.32. The van der Waals surface area contributed by atoms with Crippen molar-refractivity contribution in [2.24, 2.45) is 0 Å². The first-order valence-corrected chi connectivity index (χ1v) is 6.50. The van der Waals surface area contributed by atoms with E-state index in [2.05, 4.69) is 10.2 Å². The van der Waals surface area contributed by atoms with E-state index in [1.54, 1.807) is 18.2 Å². The van der Waals surface area contributed by atoms with Crippen molar-refractivity contribution in [1.82, 2.24) is 10.2 Å². The van der Waals surface area contributed by atoms with E-state index in [-0.39, 0.29) is 36.8 Å². The van der Waals surface area contributed by atoms with Gasteiger partial charge in [-0.1, -0.05) is 12.1 Å². The maximum atomic E-state index is 13.4. The summed E-state index contributed by atoms with van der Waals surface area (Å²) in [5.41, 5.74) is 0.850. The van der Waals surface area contributed by atoms with E-state index in [0.717, 1.165) is 31.7 Å². The Balaban J connectivity index is 0.00000200. The Labute approximate surface area is 136 Å². The van der Waals surface area contributed by atoms with Crippen molar-refractivity contribution < 1.29 is 13.9 Å². The molecule has 0 saturated carbocycles. The minimum Gasteiger partial charge on any atom is -0.427 e. The van der Waals surface area contributed by atoms with Gasteiger partial charge < -0.3 is 10.1 Å². The zero-order valence-corrected chi connectivity index (χ0v) is 13.5. The largest absolute Gasteiger partial charge is 0.427 e. The number of nitrogens with zero attached hydrogens (tertiary/aromatic N) is 1. The average molecular weight is 339 g/mol. The maximum absolute atomic E-state index is 13.4. The molecule has 120 valence electrons. The number of nitrogens with one attached hydrogen (secondary N) is 1. The molecule has 7 heteroatoms. The molecule has 0 spiro atoms. The molecule has 0 aromatic heterocycles. The number of benzene rings is 1. The van der Waals surface area contributed by atoms with Crippen LogP contribution in [0.25, 0.3) is 0 Å². The van der Waals surface area contributed by atoms with Gasteiger partial charge in [-0.2, -0.15) is 0 Å². The van der Waals surface area contributed by atoms with E-state index in [1.807, 2.05) is 6.07 Å². The van der Waals surface area contributed by atoms with Gasteiger partial charge >= 0.3 is 5.97 Å². The van der Waals surface area contributed by atoms with Crippen LogP contribution in [-0.4, -0.2) is 43.7 Å². The molecule has 2 rings (SSSR count). The molecule has 4 nitrogen and oxygen atoms in total. The van der Waals surface area contributed by atoms with Gasteiger partial charge in [-0.15, -0.1) is 24.8 Å². The van der Waals surface area contributed by atoms with Crippen LogP contribution in [0.4, 0.5) is 4.39 Å². The molecule has 0 amide bonds. The number of piperazine rings is 1. The lowest BCUT2D eigenvalue weighted by Crippen LogP contribution is -2.45. The summed E-state index contributed by atoms with van der Waals surface area (Å²) >= 11 is 0. The molecule has 1 N–H and O–H groups in total. The Morgan fingerprint density at radius 3 is 2.62 bits per heavy atom. The summed E-state index contributed by atoms with van der Waals surface area (Å²) in [6, 6.07) is 6.85. The van der Waals surface area contributed by atoms with Gasteiger partial charge in [0, 0.05) is 33.1 Å². The summed E-state index contributed by atoms with van der Waals surface area (Å²) in [5.74, 6) is 0.106. The summed E-state index contributed by atoms with van der Waals surface area (Å²) in [5, 5.41) is 3.25. The van der Waals surface area contributed by atoms with Crippen molar-refractivity contribution in [3.63, 3.8) is 0 Å². The molecule has 0 aliphatic carbocycles. The fourth-order valence-corrected chi connectivity index (χ4v) is 2.34. The second kappa shape index (κ2) is 9.95. The monoisotopic (exact) mass is 338 g/mol. The van der Waals surface area contributed by atoms with Crippen molar-refractivity contribution in [1.29, 1.82) is 0 Å². The quantitative estimate of drug-likeness (QED) is 0.676. The fourth-order valence-electron chi connectivity index (χ4n) is 2.34. The number of halogens is 3. The van der Waals surface area contributed by atoms with Gasteiger partial charge in [-0.3, -0.25) is 9.69 Å². The molecule has 0 bridgehead atoms. The van der Waals surface area contributed by atoms with E-state index in [0.29, 0.717) is 5.75 Å². The highest BCUT2D eigenvalue weighted by atomic mass is 35.5. The van der Waals surface area contributed by atoms with Crippen molar-refractivity contribution in [2.45, 2.75) is 13.0 Å². The van der Waals surface area contributed by atoms with Gasteiger partial charge in [0.15, 0.2) is 0 Å². The van der Waals surface area contributed by atoms with Gasteiger partial charge in [0.2, 0.25) is 0 Å². The average Bonchev–Trinajstić information content (AvgIpc) is 2.40. The molecule has 1 aromatic rings. The van der Waals surface area contributed by atoms with Crippen LogP contribution in [0.5, 0.6) is 5.75 Å². The fraction of sp³-hybridized carbons (Fsp3) is 0.500. The number of carbonyl (C=O) groups is 1. The van der Waals surface area contributed by atoms with Crippen molar-refractivity contribution in [3.8, 4) is 5.75 Å². The van der Waals surface area contributed by atoms with E-state index in [4.69, 9.17) is 4.74 Å². The number of hydrogen-bond acceptors (Lipinski definition) is 4. The third kappa shape index (κ3) is 5.79. The highest BCUT2D eigenvalue weighted by molar-refractivity contribution is 5.85. The summed E-state index contributed by atoms with van der Waals surface area (Å²) in [7, 11) is 0. The molecule has 0 radical (unpaired) electrons. The van der Waals surface area contributed by atoms with Gasteiger partial charge in [-0.25, -0.2) is 4.39 Å². The minimum atomic E-state index is -0.441. The highest BCUT2D eigenvalue weighted by Gasteiger charge is 2.22. The maximum Gasteiger partial charge on any atom is 0.308 e. The van der Waals surface area contributed by atoms with Gasteiger partial charge in [0.25, 0.3) is 0 Å². The second-order valence-electron chi connectivity index (χ2n) is 4.62. The number of esters is 1. The number of rotatable bonds is 4. The number of carbonyl (C=O) groups excluding carboxylic acids is 1. The van der Waals surface area contributed by atoms with E-state index in [1.165, 1.54) is 6.92 Å². The van der Waals surface area contributed by atoms with Crippen LogP contribution >= 0.6 is 24.8 Å². The zero-order valence-electron chi connectivity index (χ0n) is 11.9. The Morgan fingerprint density at radius 1 is 1.38 bits per heavy atom. The van der Waals surface area contributed by atoms with E-state index < -0.39 is 6.67 Å². The first-order chi connectivity index (χ1) is 9.20. The standard InChI is InChI=1S/C14H19FN2O2.2ClH/c1-11(18)19-13-4-2-3-12(9-13)14(10-15)17-7-5-16-6-8-17;;/h2-4,9,14,16H,5-8,10H2,1H3;2*1H/t14-;;/m1../s1. The van der Waals surface area contributed by atoms with Crippen molar-refractivity contribution in [3.05, 3.63) is 29.8 Å². The normalized spacial score (nSPS) is 16.3. The molecular formula is C14H21Cl2FN2O2. The predicted molar refractivity (Wildman–Crippen MR) is 85.4 cm³/mol. The lowest BCUT2D eigenvalue weighted by atomic mass is 10.1. The SMILES string of the molecule is CC(=O)Oc1cccc([C@@H](CF)N2CCNCC2)c1.Cl.Cl. The van der Waals surface area contributed by atoms with Gasteiger partial charge in [0.1, 0.15) is 12.4 Å². The van der Waals surface area contributed by atoms with E-state index >= 15 is 0 Å². The lowest BCUT2D eigenvalue weighted by Gasteiger charge is -2.33. The van der Waals surface area contributed by atoms with Crippen LogP contribution in [0.3, 0.4) is 0 Å². The van der Waals surface area contributed by atoms with Crippen LogP contribution in [0.1, 0.15) is 18.5 Å². The first kappa shape index (κ1) is 20.1. The summed E-state index contributed by atoms with van der Waals surface area (Å²) < 4.78 is 18.4. The number of ether oxygens (including phenoxy) is 1. The Kier molecular flexibility index (Phi) is 9.53. The highest BCUT2D eigenvalue weighted by Crippen LogP contribution is 2.25. The molecule has 21 heavy (non-hydrogen) atoms. The zero-order chi connectivity index (χ0) is 13.7. The van der Waals surface area contributed by atoms with E-state index in [9.17, 15) is 9.18 Å². The van der Waals surface area contributed by atoms with Gasteiger partial charge in [0.05, 0.1) is 6.04 Å². The molecular weight excluding hydrogens is 318 g/mol. The summed E-state index contributed by atoms with van der Waals surface area (Å²) in [6.07, 6.45) is 0. The Hall–Kier alpha value is -0.880. The number of alkyl halides is 1. The molecule has 1 heterocycles. The second-order valence-corrected chi connectivity index (χ2v) is 4.62. The molecule has 1 atom stereocenters. The van der Waals surface area contributed by atoms with Gasteiger partial charge in [-0.05, 0) is 17.7 Å². The van der Waals surface area contributed by atoms with Crippen molar-refractivity contribution in [2.75, 3.05) is 32.9 Å². The molecule has 1 aromatic carbocycles. The van der Waals surface area contributed by atoms with Crippen LogP contribution in [0.2, 0.25) is 0 Å². The molecule has 1 saturated heterocycles. The number of hydrogen-bond donors (Lipinski definition) is 1. The molecule has 0 unspecified atom stereocenters. The Morgan fingerprint density at radius 2 is 2.05 bits per heavy atom. The van der Waals surface area contributed by atoms with Crippen LogP contribution in [0.15, 0.2) is 24.3 Å².